The molecule has 14 heavy (non-hydrogen) atoms. The molecule has 0 aromatic carbocycles. The summed E-state index contributed by atoms with van der Waals surface area (Å²) >= 11 is 0. The van der Waals surface area contributed by atoms with Crippen molar-refractivity contribution in [3.05, 3.63) is 0 Å². The Labute approximate surface area is 85.0 Å². The van der Waals surface area contributed by atoms with Gasteiger partial charge in [0.2, 0.25) is 0 Å². The van der Waals surface area contributed by atoms with Gasteiger partial charge in [0.25, 0.3) is 0 Å². The second-order valence-electron chi connectivity index (χ2n) is 4.72. The van der Waals surface area contributed by atoms with Crippen LogP contribution in [-0.4, -0.2) is 19.0 Å². The molecule has 2 bridgehead atoms. The first-order valence-corrected chi connectivity index (χ1v) is 6.64. The third kappa shape index (κ3) is 2.10. The first-order valence-electron chi connectivity index (χ1n) is 5.20. The van der Waals surface area contributed by atoms with E-state index in [2.05, 4.69) is 4.72 Å². The molecule has 0 aromatic rings. The van der Waals surface area contributed by atoms with Crippen LogP contribution in [0.5, 0.6) is 0 Å². The van der Waals surface area contributed by atoms with E-state index in [9.17, 15) is 8.42 Å². The number of nitrogens with one attached hydrogen (secondary N) is 1. The predicted molar refractivity (Wildman–Crippen MR) is 53.1 cm³/mol. The summed E-state index contributed by atoms with van der Waals surface area (Å²) < 4.78 is 32.3. The van der Waals surface area contributed by atoms with Crippen LogP contribution in [0.2, 0.25) is 0 Å². The monoisotopic (exact) mass is 219 g/mol. The topological polar surface area (TPSA) is 66.4 Å². The van der Waals surface area contributed by atoms with Gasteiger partial charge in [-0.2, -0.15) is 13.1 Å². The Bertz CT molecular complexity index is 314. The van der Waals surface area contributed by atoms with Crippen molar-refractivity contribution in [3.63, 3.8) is 0 Å². The SMILES string of the molecule is CC(NS(=O)(=O)O)C1CC2CCC1C2. The molecule has 4 unspecified atom stereocenters. The Balaban J connectivity index is 1.96. The molecule has 0 amide bonds. The van der Waals surface area contributed by atoms with Crippen molar-refractivity contribution in [2.45, 2.75) is 38.6 Å². The van der Waals surface area contributed by atoms with Crippen LogP contribution in [0.4, 0.5) is 0 Å². The maximum atomic E-state index is 10.6. The van der Waals surface area contributed by atoms with Gasteiger partial charge in [0, 0.05) is 6.04 Å². The summed E-state index contributed by atoms with van der Waals surface area (Å²) in [6, 6.07) is -0.125. The van der Waals surface area contributed by atoms with Crippen LogP contribution >= 0.6 is 0 Å². The minimum absolute atomic E-state index is 0.125. The second kappa shape index (κ2) is 3.47. The Morgan fingerprint density at radius 3 is 2.50 bits per heavy atom. The summed E-state index contributed by atoms with van der Waals surface area (Å²) in [6.07, 6.45) is 4.91. The van der Waals surface area contributed by atoms with Crippen molar-refractivity contribution in [1.82, 2.24) is 4.72 Å². The molecule has 2 fully saturated rings. The maximum Gasteiger partial charge on any atom is 0.333 e. The average Bonchev–Trinajstić information content (AvgIpc) is 2.59. The van der Waals surface area contributed by atoms with E-state index in [1.54, 1.807) is 0 Å². The van der Waals surface area contributed by atoms with Gasteiger partial charge in [0.15, 0.2) is 0 Å². The third-order valence-electron chi connectivity index (χ3n) is 3.77. The molecule has 0 aliphatic heterocycles. The summed E-state index contributed by atoms with van der Waals surface area (Å²) in [5.41, 5.74) is 0. The van der Waals surface area contributed by atoms with Gasteiger partial charge >= 0.3 is 10.3 Å². The molecule has 2 saturated carbocycles. The van der Waals surface area contributed by atoms with Crippen LogP contribution in [0.1, 0.15) is 32.6 Å². The molecule has 5 heteroatoms. The van der Waals surface area contributed by atoms with Gasteiger partial charge in [-0.3, -0.25) is 4.55 Å². The van der Waals surface area contributed by atoms with Gasteiger partial charge in [0.05, 0.1) is 0 Å². The molecule has 2 N–H and O–H groups in total. The summed E-state index contributed by atoms with van der Waals surface area (Å²) in [5.74, 6) is 1.90. The Kier molecular flexibility index (Phi) is 2.57. The van der Waals surface area contributed by atoms with Crippen LogP contribution in [0.15, 0.2) is 0 Å². The lowest BCUT2D eigenvalue weighted by Gasteiger charge is -2.27. The number of rotatable bonds is 3. The van der Waals surface area contributed by atoms with Gasteiger partial charge in [-0.1, -0.05) is 6.42 Å². The highest BCUT2D eigenvalue weighted by molar-refractivity contribution is 7.83. The Hall–Kier alpha value is -0.130. The van der Waals surface area contributed by atoms with Crippen molar-refractivity contribution in [2.75, 3.05) is 0 Å². The van der Waals surface area contributed by atoms with Crippen LogP contribution in [0, 0.1) is 17.8 Å². The number of hydrogen-bond acceptors (Lipinski definition) is 2. The molecule has 0 spiro atoms. The van der Waals surface area contributed by atoms with E-state index in [4.69, 9.17) is 4.55 Å². The van der Waals surface area contributed by atoms with Crippen molar-refractivity contribution < 1.29 is 13.0 Å². The van der Waals surface area contributed by atoms with Crippen molar-refractivity contribution in [1.29, 1.82) is 0 Å². The largest absolute Gasteiger partial charge is 0.333 e. The first-order chi connectivity index (χ1) is 6.46. The van der Waals surface area contributed by atoms with E-state index in [1.807, 2.05) is 6.92 Å². The normalized spacial score (nSPS) is 38.9. The average molecular weight is 219 g/mol. The molecule has 4 nitrogen and oxygen atoms in total. The molecule has 2 aliphatic carbocycles. The van der Waals surface area contributed by atoms with E-state index in [1.165, 1.54) is 19.3 Å². The molecule has 0 radical (unpaired) electrons. The Morgan fingerprint density at radius 1 is 1.36 bits per heavy atom. The van der Waals surface area contributed by atoms with Crippen molar-refractivity contribution >= 4 is 10.3 Å². The minimum atomic E-state index is -4.03. The van der Waals surface area contributed by atoms with Gasteiger partial charge < -0.3 is 0 Å². The van der Waals surface area contributed by atoms with Gasteiger partial charge in [-0.15, -0.1) is 0 Å². The van der Waals surface area contributed by atoms with Crippen molar-refractivity contribution in [2.24, 2.45) is 17.8 Å². The molecular weight excluding hydrogens is 202 g/mol. The van der Waals surface area contributed by atoms with Crippen LogP contribution in [-0.2, 0) is 10.3 Å². The van der Waals surface area contributed by atoms with E-state index in [-0.39, 0.29) is 6.04 Å². The quantitative estimate of drug-likeness (QED) is 0.701. The lowest BCUT2D eigenvalue weighted by atomic mass is 9.84. The fourth-order valence-electron chi connectivity index (χ4n) is 3.23. The predicted octanol–water partition coefficient (Wildman–Crippen LogP) is 1.20. The molecule has 2 aliphatic rings. The van der Waals surface area contributed by atoms with Crippen LogP contribution in [0.3, 0.4) is 0 Å². The summed E-state index contributed by atoms with van der Waals surface area (Å²) in [5, 5.41) is 0. The zero-order chi connectivity index (χ0) is 10.3. The highest BCUT2D eigenvalue weighted by Crippen LogP contribution is 2.49. The van der Waals surface area contributed by atoms with E-state index in [0.717, 1.165) is 12.3 Å². The standard InChI is InChI=1S/C9H17NO3S/c1-6(10-14(11,12)13)9-5-7-2-3-8(9)4-7/h6-10H,2-5H2,1H3,(H,11,12,13). The molecule has 0 saturated heterocycles. The first kappa shape index (κ1) is 10.4. The number of hydrogen-bond donors (Lipinski definition) is 2. The summed E-state index contributed by atoms with van der Waals surface area (Å²) in [6.45, 7) is 1.85. The zero-order valence-corrected chi connectivity index (χ0v) is 9.13. The maximum absolute atomic E-state index is 10.6. The van der Waals surface area contributed by atoms with Crippen LogP contribution < -0.4 is 4.72 Å². The molecule has 2 rings (SSSR count). The smallest absolute Gasteiger partial charge is 0.273 e. The van der Waals surface area contributed by atoms with Gasteiger partial charge in [0.1, 0.15) is 0 Å². The fraction of sp³-hybridized carbons (Fsp3) is 1.00. The number of fused-ring (bicyclic) bond motifs is 2. The van der Waals surface area contributed by atoms with E-state index < -0.39 is 10.3 Å². The zero-order valence-electron chi connectivity index (χ0n) is 8.31. The van der Waals surface area contributed by atoms with E-state index >= 15 is 0 Å². The molecular formula is C9H17NO3S. The van der Waals surface area contributed by atoms with Gasteiger partial charge in [-0.25, -0.2) is 0 Å². The lowest BCUT2D eigenvalue weighted by molar-refractivity contribution is 0.275. The van der Waals surface area contributed by atoms with Crippen LogP contribution in [0.25, 0.3) is 0 Å². The minimum Gasteiger partial charge on any atom is -0.273 e. The second-order valence-corrected chi connectivity index (χ2v) is 5.91. The van der Waals surface area contributed by atoms with Gasteiger partial charge in [-0.05, 0) is 43.9 Å². The lowest BCUT2D eigenvalue weighted by Crippen LogP contribution is -2.39. The molecule has 0 heterocycles. The Morgan fingerprint density at radius 2 is 2.07 bits per heavy atom. The third-order valence-corrected chi connectivity index (χ3v) is 4.44. The molecule has 82 valence electrons. The summed E-state index contributed by atoms with van der Waals surface area (Å²) in [7, 11) is -4.03. The fourth-order valence-corrected chi connectivity index (χ4v) is 3.87. The molecule has 4 atom stereocenters. The highest BCUT2D eigenvalue weighted by Gasteiger charge is 2.42. The highest BCUT2D eigenvalue weighted by atomic mass is 32.2. The molecule has 0 aromatic heterocycles. The van der Waals surface area contributed by atoms with Crippen molar-refractivity contribution in [3.8, 4) is 0 Å². The summed E-state index contributed by atoms with van der Waals surface area (Å²) in [4.78, 5) is 0. The van der Waals surface area contributed by atoms with E-state index in [0.29, 0.717) is 11.8 Å².